The minimum atomic E-state index is -0.468. The fourth-order valence-corrected chi connectivity index (χ4v) is 9.68. The normalized spacial score (nSPS) is 12.6. The van der Waals surface area contributed by atoms with Gasteiger partial charge in [-0.25, -0.2) is 9.97 Å². The molecule has 0 bridgehead atoms. The van der Waals surface area contributed by atoms with Crippen molar-refractivity contribution in [2.45, 2.75) is 5.41 Å². The van der Waals surface area contributed by atoms with E-state index in [2.05, 4.69) is 200 Å². The molecule has 2 heterocycles. The third-order valence-corrected chi connectivity index (χ3v) is 12.6. The Kier molecular flexibility index (Phi) is 8.39. The Balaban J connectivity index is 0.957. The molecule has 0 saturated carbocycles. The Morgan fingerprint density at radius 3 is 1.61 bits per heavy atom. The van der Waals surface area contributed by atoms with Crippen LogP contribution in [0.4, 0.5) is 0 Å². The molecule has 62 heavy (non-hydrogen) atoms. The third kappa shape index (κ3) is 5.82. The Bertz CT molecular complexity index is 3400. The zero-order valence-electron chi connectivity index (χ0n) is 33.7. The van der Waals surface area contributed by atoms with Gasteiger partial charge in [0.05, 0.1) is 16.8 Å². The number of para-hydroxylation sites is 1. The minimum absolute atomic E-state index is 0.468. The lowest BCUT2D eigenvalue weighted by Crippen LogP contribution is -2.28. The number of nitrogens with zero attached hydrogens (tertiary/aromatic N) is 2. The van der Waals surface area contributed by atoms with E-state index >= 15 is 0 Å². The van der Waals surface area contributed by atoms with Crippen LogP contribution in [0.3, 0.4) is 0 Å². The zero-order valence-corrected chi connectivity index (χ0v) is 33.7. The van der Waals surface area contributed by atoms with Crippen LogP contribution in [0.25, 0.3) is 89.2 Å². The van der Waals surface area contributed by atoms with Gasteiger partial charge in [-0.3, -0.25) is 0 Å². The van der Waals surface area contributed by atoms with E-state index in [0.29, 0.717) is 5.82 Å². The number of hydrogen-bond acceptors (Lipinski definition) is 3. The lowest BCUT2D eigenvalue weighted by atomic mass is 9.67. The van der Waals surface area contributed by atoms with Crippen LogP contribution in [0.2, 0.25) is 0 Å². The van der Waals surface area contributed by atoms with E-state index < -0.39 is 5.41 Å². The standard InChI is InChI=1S/C59H38N2O/c1-4-15-41(16-5-1)58-60-54(40-29-27-39(28-30-40)43-32-34-57-51(36-43)50-24-11-13-26-56(50)62-57)38-55(61-58)45-18-14-17-42(35-45)44-31-33-49-48-23-10-12-25-52(48)59(53(49)37-44,46-19-6-2-7-20-46)47-21-8-3-9-22-47/h1-38H. The highest BCUT2D eigenvalue weighted by Crippen LogP contribution is 2.56. The number of furan rings is 1. The summed E-state index contributed by atoms with van der Waals surface area (Å²) in [5.41, 5.74) is 18.3. The van der Waals surface area contributed by atoms with Crippen LogP contribution < -0.4 is 0 Å². The van der Waals surface area contributed by atoms with E-state index in [4.69, 9.17) is 14.4 Å². The molecule has 1 aliphatic rings. The average Bonchev–Trinajstić information content (AvgIpc) is 3.88. The Labute approximate surface area is 360 Å². The third-order valence-electron chi connectivity index (χ3n) is 12.6. The van der Waals surface area contributed by atoms with Gasteiger partial charge < -0.3 is 4.42 Å². The van der Waals surface area contributed by atoms with E-state index in [0.717, 1.165) is 72.3 Å². The second kappa shape index (κ2) is 14.5. The lowest BCUT2D eigenvalue weighted by molar-refractivity contribution is 0.669. The Hall–Kier alpha value is -8.14. The van der Waals surface area contributed by atoms with Gasteiger partial charge in [0.25, 0.3) is 0 Å². The van der Waals surface area contributed by atoms with Crippen LogP contribution in [0.1, 0.15) is 22.3 Å². The molecular weight excluding hydrogens is 753 g/mol. The van der Waals surface area contributed by atoms with Crippen molar-refractivity contribution in [1.29, 1.82) is 0 Å². The lowest BCUT2D eigenvalue weighted by Gasteiger charge is -2.34. The predicted octanol–water partition coefficient (Wildman–Crippen LogP) is 15.1. The van der Waals surface area contributed by atoms with Gasteiger partial charge in [-0.05, 0) is 92.0 Å². The fraction of sp³-hybridized carbons (Fsp3) is 0.0169. The first kappa shape index (κ1) is 35.8. The number of rotatable bonds is 7. The van der Waals surface area contributed by atoms with Crippen molar-refractivity contribution in [3.05, 3.63) is 253 Å². The summed E-state index contributed by atoms with van der Waals surface area (Å²) in [7, 11) is 0. The van der Waals surface area contributed by atoms with Crippen LogP contribution in [0.5, 0.6) is 0 Å². The maximum Gasteiger partial charge on any atom is 0.160 e. The van der Waals surface area contributed by atoms with Crippen LogP contribution >= 0.6 is 0 Å². The van der Waals surface area contributed by atoms with E-state index in [9.17, 15) is 0 Å². The van der Waals surface area contributed by atoms with Crippen molar-refractivity contribution in [1.82, 2.24) is 9.97 Å². The monoisotopic (exact) mass is 790 g/mol. The topological polar surface area (TPSA) is 38.9 Å². The van der Waals surface area contributed by atoms with Gasteiger partial charge in [-0.15, -0.1) is 0 Å². The molecule has 3 heteroatoms. The van der Waals surface area contributed by atoms with Crippen molar-refractivity contribution in [2.24, 2.45) is 0 Å². The molecule has 0 saturated heterocycles. The minimum Gasteiger partial charge on any atom is -0.456 e. The van der Waals surface area contributed by atoms with Crippen LogP contribution in [0.15, 0.2) is 235 Å². The second-order valence-corrected chi connectivity index (χ2v) is 16.1. The van der Waals surface area contributed by atoms with Crippen molar-refractivity contribution in [3.8, 4) is 67.3 Å². The molecule has 290 valence electrons. The quantitative estimate of drug-likeness (QED) is 0.161. The first-order chi connectivity index (χ1) is 30.7. The largest absolute Gasteiger partial charge is 0.456 e. The van der Waals surface area contributed by atoms with Crippen LogP contribution in [0, 0.1) is 0 Å². The van der Waals surface area contributed by atoms with Crippen molar-refractivity contribution >= 4 is 21.9 Å². The van der Waals surface area contributed by atoms with Crippen molar-refractivity contribution in [3.63, 3.8) is 0 Å². The molecule has 3 nitrogen and oxygen atoms in total. The van der Waals surface area contributed by atoms with Gasteiger partial charge in [-0.2, -0.15) is 0 Å². The summed E-state index contributed by atoms with van der Waals surface area (Å²) in [4.78, 5) is 10.4. The highest BCUT2D eigenvalue weighted by molar-refractivity contribution is 6.06. The number of aromatic nitrogens is 2. The van der Waals surface area contributed by atoms with Gasteiger partial charge in [0.15, 0.2) is 5.82 Å². The molecule has 0 radical (unpaired) electrons. The predicted molar refractivity (Wildman–Crippen MR) is 254 cm³/mol. The molecule has 0 spiro atoms. The molecule has 1 aliphatic carbocycles. The molecule has 9 aromatic carbocycles. The summed E-state index contributed by atoms with van der Waals surface area (Å²) in [5, 5.41) is 2.25. The van der Waals surface area contributed by atoms with Gasteiger partial charge >= 0.3 is 0 Å². The molecule has 0 unspecified atom stereocenters. The number of benzene rings is 9. The van der Waals surface area contributed by atoms with Crippen LogP contribution in [-0.2, 0) is 5.41 Å². The molecule has 0 aliphatic heterocycles. The SMILES string of the molecule is c1ccc(-c2nc(-c3ccc(-c4ccc5oc6ccccc6c5c4)cc3)cc(-c3cccc(-c4ccc5c(c4)C(c4ccccc4)(c4ccccc4)c4ccccc4-5)c3)n2)cc1. The maximum atomic E-state index is 6.11. The molecule has 0 N–H and O–H groups in total. The van der Waals surface area contributed by atoms with E-state index in [-0.39, 0.29) is 0 Å². The van der Waals surface area contributed by atoms with E-state index in [1.54, 1.807) is 0 Å². The maximum absolute atomic E-state index is 6.11. The van der Waals surface area contributed by atoms with Gasteiger partial charge in [-0.1, -0.05) is 194 Å². The summed E-state index contributed by atoms with van der Waals surface area (Å²) < 4.78 is 6.11. The number of hydrogen-bond donors (Lipinski definition) is 0. The molecule has 12 rings (SSSR count). The first-order valence-electron chi connectivity index (χ1n) is 21.1. The van der Waals surface area contributed by atoms with Gasteiger partial charge in [0.2, 0.25) is 0 Å². The molecule has 0 amide bonds. The average molecular weight is 791 g/mol. The molecular formula is C59H38N2O. The summed E-state index contributed by atoms with van der Waals surface area (Å²) in [5.74, 6) is 0.690. The fourth-order valence-electron chi connectivity index (χ4n) is 9.68. The number of fused-ring (bicyclic) bond motifs is 6. The van der Waals surface area contributed by atoms with Gasteiger partial charge in [0.1, 0.15) is 11.2 Å². The van der Waals surface area contributed by atoms with Gasteiger partial charge in [0, 0.05) is 27.5 Å². The summed E-state index contributed by atoms with van der Waals surface area (Å²) >= 11 is 0. The zero-order chi connectivity index (χ0) is 41.0. The van der Waals surface area contributed by atoms with Crippen molar-refractivity contribution in [2.75, 3.05) is 0 Å². The van der Waals surface area contributed by atoms with Crippen molar-refractivity contribution < 1.29 is 4.42 Å². The molecule has 0 atom stereocenters. The molecule has 2 aromatic heterocycles. The first-order valence-corrected chi connectivity index (χ1v) is 21.1. The van der Waals surface area contributed by atoms with E-state index in [1.807, 2.05) is 30.3 Å². The Morgan fingerprint density at radius 1 is 0.306 bits per heavy atom. The van der Waals surface area contributed by atoms with Crippen LogP contribution in [-0.4, -0.2) is 9.97 Å². The summed E-state index contributed by atoms with van der Waals surface area (Å²) in [6.45, 7) is 0. The van der Waals surface area contributed by atoms with E-state index in [1.165, 1.54) is 33.4 Å². The smallest absolute Gasteiger partial charge is 0.160 e. The Morgan fingerprint density at radius 2 is 0.839 bits per heavy atom. The second-order valence-electron chi connectivity index (χ2n) is 16.1. The molecule has 11 aromatic rings. The highest BCUT2D eigenvalue weighted by Gasteiger charge is 2.46. The summed E-state index contributed by atoms with van der Waals surface area (Å²) in [6, 6.07) is 82.4. The summed E-state index contributed by atoms with van der Waals surface area (Å²) in [6.07, 6.45) is 0. The molecule has 0 fully saturated rings. The highest BCUT2D eigenvalue weighted by atomic mass is 16.3.